The van der Waals surface area contributed by atoms with Crippen LogP contribution in [0.15, 0.2) is 42.5 Å². The van der Waals surface area contributed by atoms with Gasteiger partial charge in [-0.1, -0.05) is 35.3 Å². The van der Waals surface area contributed by atoms with Crippen LogP contribution < -0.4 is 5.32 Å². The Morgan fingerprint density at radius 3 is 2.62 bits per heavy atom. The Hall–Kier alpha value is -1.62. The Morgan fingerprint density at radius 2 is 2.00 bits per heavy atom. The zero-order valence-electron chi connectivity index (χ0n) is 11.3. The van der Waals surface area contributed by atoms with Gasteiger partial charge in [0.2, 0.25) is 0 Å². The molecule has 2 aromatic carbocycles. The van der Waals surface area contributed by atoms with Crippen molar-refractivity contribution in [3.63, 3.8) is 0 Å². The van der Waals surface area contributed by atoms with Gasteiger partial charge in [0.25, 0.3) is 5.69 Å². The van der Waals surface area contributed by atoms with Crippen LogP contribution in [0.25, 0.3) is 0 Å². The Bertz CT molecular complexity index is 662. The second kappa shape index (κ2) is 6.89. The monoisotopic (exact) mass is 324 g/mol. The average molecular weight is 325 g/mol. The third-order valence-electron chi connectivity index (χ3n) is 3.19. The van der Waals surface area contributed by atoms with E-state index >= 15 is 0 Å². The van der Waals surface area contributed by atoms with Gasteiger partial charge in [-0.25, -0.2) is 0 Å². The van der Waals surface area contributed by atoms with Crippen molar-refractivity contribution in [2.75, 3.05) is 0 Å². The highest BCUT2D eigenvalue weighted by atomic mass is 35.5. The molecule has 1 atom stereocenters. The first-order valence-electron chi connectivity index (χ1n) is 6.39. The number of nitrogens with zero attached hydrogens (tertiary/aromatic N) is 1. The maximum Gasteiger partial charge on any atom is 0.270 e. The molecule has 0 fully saturated rings. The molecule has 110 valence electrons. The summed E-state index contributed by atoms with van der Waals surface area (Å²) >= 11 is 12.0. The van der Waals surface area contributed by atoms with Crippen LogP contribution in [0.3, 0.4) is 0 Å². The van der Waals surface area contributed by atoms with Crippen molar-refractivity contribution in [2.45, 2.75) is 19.5 Å². The number of benzene rings is 2. The smallest absolute Gasteiger partial charge is 0.270 e. The highest BCUT2D eigenvalue weighted by Gasteiger charge is 2.11. The van der Waals surface area contributed by atoms with Crippen LogP contribution in [0.4, 0.5) is 5.69 Å². The molecule has 0 heterocycles. The number of nitro groups is 1. The normalized spacial score (nSPS) is 12.1. The van der Waals surface area contributed by atoms with Crippen LogP contribution >= 0.6 is 23.2 Å². The summed E-state index contributed by atoms with van der Waals surface area (Å²) in [7, 11) is 0. The molecule has 0 aromatic heterocycles. The predicted octanol–water partition coefficient (Wildman–Crippen LogP) is 4.75. The van der Waals surface area contributed by atoms with Crippen molar-refractivity contribution in [2.24, 2.45) is 0 Å². The van der Waals surface area contributed by atoms with Gasteiger partial charge in [-0.2, -0.15) is 0 Å². The van der Waals surface area contributed by atoms with E-state index in [9.17, 15) is 10.1 Å². The van der Waals surface area contributed by atoms with E-state index < -0.39 is 4.92 Å². The molecule has 2 rings (SSSR count). The number of nitro benzene ring substituents is 1. The zero-order chi connectivity index (χ0) is 15.4. The van der Waals surface area contributed by atoms with Crippen LogP contribution in [-0.2, 0) is 6.54 Å². The van der Waals surface area contributed by atoms with Gasteiger partial charge in [0.05, 0.1) is 9.95 Å². The molecule has 0 aliphatic rings. The molecule has 0 unspecified atom stereocenters. The number of hydrogen-bond acceptors (Lipinski definition) is 3. The maximum atomic E-state index is 10.7. The lowest BCUT2D eigenvalue weighted by molar-refractivity contribution is -0.384. The molecule has 0 aliphatic heterocycles. The molecule has 0 aliphatic carbocycles. The van der Waals surface area contributed by atoms with Crippen LogP contribution in [-0.4, -0.2) is 4.92 Å². The average Bonchev–Trinajstić information content (AvgIpc) is 2.45. The van der Waals surface area contributed by atoms with Gasteiger partial charge in [-0.3, -0.25) is 10.1 Å². The molecule has 1 N–H and O–H groups in total. The molecule has 0 radical (unpaired) electrons. The van der Waals surface area contributed by atoms with Crippen LogP contribution in [0.2, 0.25) is 10.0 Å². The lowest BCUT2D eigenvalue weighted by Gasteiger charge is -2.15. The fourth-order valence-electron chi connectivity index (χ4n) is 1.95. The van der Waals surface area contributed by atoms with E-state index in [2.05, 4.69) is 5.32 Å². The molecule has 0 amide bonds. The number of hydrogen-bond donors (Lipinski definition) is 1. The molecular weight excluding hydrogens is 311 g/mol. The summed E-state index contributed by atoms with van der Waals surface area (Å²) < 4.78 is 0. The second-order valence-electron chi connectivity index (χ2n) is 4.69. The van der Waals surface area contributed by atoms with Crippen LogP contribution in [0.5, 0.6) is 0 Å². The first kappa shape index (κ1) is 15.8. The highest BCUT2D eigenvalue weighted by molar-refractivity contribution is 6.31. The molecule has 0 saturated carbocycles. The number of halogens is 2. The summed E-state index contributed by atoms with van der Waals surface area (Å²) in [5.41, 5.74) is 1.88. The van der Waals surface area contributed by atoms with Crippen molar-refractivity contribution in [3.05, 3.63) is 73.8 Å². The molecule has 6 heteroatoms. The fraction of sp³-hybridized carbons (Fsp3) is 0.200. The minimum atomic E-state index is -0.461. The van der Waals surface area contributed by atoms with E-state index in [-0.39, 0.29) is 11.7 Å². The van der Waals surface area contributed by atoms with Gasteiger partial charge >= 0.3 is 0 Å². The predicted molar refractivity (Wildman–Crippen MR) is 84.8 cm³/mol. The number of non-ortho nitro benzene ring substituents is 1. The molecule has 0 spiro atoms. The summed E-state index contributed by atoms with van der Waals surface area (Å²) in [6, 6.07) is 12.2. The maximum absolute atomic E-state index is 10.7. The van der Waals surface area contributed by atoms with Crippen LogP contribution in [0.1, 0.15) is 24.1 Å². The first-order valence-corrected chi connectivity index (χ1v) is 7.14. The van der Waals surface area contributed by atoms with Gasteiger partial charge in [-0.15, -0.1) is 0 Å². The van der Waals surface area contributed by atoms with Gasteiger partial charge in [0.1, 0.15) is 0 Å². The topological polar surface area (TPSA) is 55.2 Å². The lowest BCUT2D eigenvalue weighted by atomic mass is 10.1. The largest absolute Gasteiger partial charge is 0.306 e. The Kier molecular flexibility index (Phi) is 5.17. The second-order valence-corrected chi connectivity index (χ2v) is 5.53. The zero-order valence-corrected chi connectivity index (χ0v) is 12.9. The third kappa shape index (κ3) is 4.17. The summed E-state index contributed by atoms with van der Waals surface area (Å²) in [6.07, 6.45) is 0. The van der Waals surface area contributed by atoms with E-state index in [1.165, 1.54) is 12.1 Å². The third-order valence-corrected chi connectivity index (χ3v) is 3.78. The Morgan fingerprint density at radius 1 is 1.24 bits per heavy atom. The van der Waals surface area contributed by atoms with Gasteiger partial charge in [-0.05, 0) is 36.2 Å². The minimum Gasteiger partial charge on any atom is -0.306 e. The van der Waals surface area contributed by atoms with Gasteiger partial charge in [0.15, 0.2) is 0 Å². The number of rotatable bonds is 5. The molecular formula is C15H14Cl2N2O2. The molecule has 0 bridgehead atoms. The van der Waals surface area contributed by atoms with Gasteiger partial charge < -0.3 is 5.32 Å². The Balaban J connectivity index is 2.04. The fourth-order valence-corrected chi connectivity index (χ4v) is 2.39. The summed E-state index contributed by atoms with van der Waals surface area (Å²) in [4.78, 5) is 10.2. The highest BCUT2D eigenvalue weighted by Crippen LogP contribution is 2.23. The van der Waals surface area contributed by atoms with Crippen molar-refractivity contribution < 1.29 is 4.92 Å². The van der Waals surface area contributed by atoms with E-state index in [4.69, 9.17) is 23.2 Å². The summed E-state index contributed by atoms with van der Waals surface area (Å²) in [5, 5.41) is 15.1. The Labute approximate surface area is 132 Å². The first-order chi connectivity index (χ1) is 9.97. The SMILES string of the molecule is C[C@H](NCc1ccc([N+](=O)[O-])cc1Cl)c1cccc(Cl)c1. The van der Waals surface area contributed by atoms with E-state index in [1.807, 2.05) is 31.2 Å². The van der Waals surface area contributed by atoms with Crippen molar-refractivity contribution in [3.8, 4) is 0 Å². The lowest BCUT2D eigenvalue weighted by Crippen LogP contribution is -2.18. The van der Waals surface area contributed by atoms with E-state index in [0.717, 1.165) is 11.1 Å². The summed E-state index contributed by atoms with van der Waals surface area (Å²) in [6.45, 7) is 2.54. The molecule has 2 aromatic rings. The van der Waals surface area contributed by atoms with E-state index in [1.54, 1.807) is 6.07 Å². The minimum absolute atomic E-state index is 0.00774. The number of nitrogens with one attached hydrogen (secondary N) is 1. The quantitative estimate of drug-likeness (QED) is 0.637. The van der Waals surface area contributed by atoms with Crippen molar-refractivity contribution >= 4 is 28.9 Å². The van der Waals surface area contributed by atoms with E-state index in [0.29, 0.717) is 16.6 Å². The molecule has 21 heavy (non-hydrogen) atoms. The standard InChI is InChI=1S/C15H14Cl2N2O2/c1-10(11-3-2-4-13(16)7-11)18-9-12-5-6-14(19(20)21)8-15(12)17/h2-8,10,18H,9H2,1H3/t10-/m0/s1. The van der Waals surface area contributed by atoms with Crippen molar-refractivity contribution in [1.29, 1.82) is 0 Å². The van der Waals surface area contributed by atoms with Crippen LogP contribution in [0, 0.1) is 10.1 Å². The van der Waals surface area contributed by atoms with Gasteiger partial charge in [0, 0.05) is 29.7 Å². The summed E-state index contributed by atoms with van der Waals surface area (Å²) in [5.74, 6) is 0. The molecule has 4 nitrogen and oxygen atoms in total. The molecule has 0 saturated heterocycles. The van der Waals surface area contributed by atoms with Crippen molar-refractivity contribution in [1.82, 2.24) is 5.32 Å².